The quantitative estimate of drug-likeness (QED) is 0.680. The van der Waals surface area contributed by atoms with Crippen LogP contribution >= 0.6 is 0 Å². The molecule has 2 aliphatic rings. The van der Waals surface area contributed by atoms with Crippen molar-refractivity contribution in [2.45, 2.75) is 25.8 Å². The number of carbonyl (C=O) groups is 1. The van der Waals surface area contributed by atoms with Crippen LogP contribution in [-0.4, -0.2) is 43.5 Å². The number of aliphatic imine (C=N–C) groups is 1. The number of anilines is 1. The average Bonchev–Trinajstić information content (AvgIpc) is 3.27. The predicted octanol–water partition coefficient (Wildman–Crippen LogP) is 3.63. The number of hydrogen-bond donors (Lipinski definition) is 0. The van der Waals surface area contributed by atoms with Crippen molar-refractivity contribution >= 4 is 23.2 Å². The lowest BCUT2D eigenvalue weighted by Gasteiger charge is -2.21. The van der Waals surface area contributed by atoms with Crippen LogP contribution in [0.1, 0.15) is 31.6 Å². The van der Waals surface area contributed by atoms with Gasteiger partial charge in [0.25, 0.3) is 0 Å². The summed E-state index contributed by atoms with van der Waals surface area (Å²) in [5.74, 6) is 0.679. The molecule has 2 aliphatic heterocycles. The number of fused-ring (bicyclic) bond motifs is 5. The Morgan fingerprint density at radius 1 is 1.10 bits per heavy atom. The summed E-state index contributed by atoms with van der Waals surface area (Å²) in [6, 6.07) is 12.6. The molecule has 146 valence electrons. The van der Waals surface area contributed by atoms with Gasteiger partial charge in [0.1, 0.15) is 11.7 Å². The molecule has 0 spiro atoms. The molecule has 2 amide bonds. The Balaban J connectivity index is 1.73. The smallest absolute Gasteiger partial charge is 0.306 e. The van der Waals surface area contributed by atoms with Crippen LogP contribution < -0.4 is 4.90 Å². The monoisotopic (exact) mass is 391 g/mol. The van der Waals surface area contributed by atoms with Gasteiger partial charge >= 0.3 is 6.03 Å². The van der Waals surface area contributed by atoms with E-state index in [9.17, 15) is 9.18 Å². The Hall–Kier alpha value is -3.62. The number of benzene rings is 2. The molecule has 1 saturated heterocycles. The Morgan fingerprint density at radius 2 is 1.90 bits per heavy atom. The number of unbranched alkanes of at least 4 members (excludes halogenated alkanes) is 1. The number of tetrazole rings is 1. The van der Waals surface area contributed by atoms with Crippen LogP contribution in [0, 0.1) is 5.82 Å². The third kappa shape index (κ3) is 2.69. The molecular weight excluding hydrogens is 373 g/mol. The van der Waals surface area contributed by atoms with Gasteiger partial charge in [0.05, 0.1) is 17.1 Å². The summed E-state index contributed by atoms with van der Waals surface area (Å²) in [6.45, 7) is 2.61. The zero-order chi connectivity index (χ0) is 20.0. The van der Waals surface area contributed by atoms with Crippen LogP contribution in [0.3, 0.4) is 0 Å². The Bertz CT molecular complexity index is 1110. The van der Waals surface area contributed by atoms with E-state index in [2.05, 4.69) is 22.4 Å². The van der Waals surface area contributed by atoms with Gasteiger partial charge in [0, 0.05) is 6.54 Å². The lowest BCUT2D eigenvalue weighted by atomic mass is 10.2. The fourth-order valence-electron chi connectivity index (χ4n) is 3.75. The number of urea groups is 1. The molecule has 1 atom stereocenters. The summed E-state index contributed by atoms with van der Waals surface area (Å²) in [5, 5.41) is 12.2. The maximum Gasteiger partial charge on any atom is 0.331 e. The highest BCUT2D eigenvalue weighted by molar-refractivity contribution is 6.24. The fourth-order valence-corrected chi connectivity index (χ4v) is 3.75. The van der Waals surface area contributed by atoms with Gasteiger partial charge in [-0.3, -0.25) is 0 Å². The summed E-state index contributed by atoms with van der Waals surface area (Å²) in [6.07, 6.45) is 1.77. The molecule has 1 unspecified atom stereocenters. The van der Waals surface area contributed by atoms with Gasteiger partial charge in [-0.15, -0.1) is 5.10 Å². The van der Waals surface area contributed by atoms with E-state index in [-0.39, 0.29) is 11.8 Å². The first-order chi connectivity index (χ1) is 14.2. The number of nitrogens with zero attached hydrogens (tertiary/aromatic N) is 7. The van der Waals surface area contributed by atoms with Crippen molar-refractivity contribution < 1.29 is 9.18 Å². The van der Waals surface area contributed by atoms with Crippen molar-refractivity contribution in [1.29, 1.82) is 0 Å². The molecule has 2 aromatic carbocycles. The number of carbonyl (C=O) groups excluding carboxylic acids is 1. The summed E-state index contributed by atoms with van der Waals surface area (Å²) in [5.41, 5.74) is 1.96. The van der Waals surface area contributed by atoms with E-state index in [0.29, 0.717) is 29.6 Å². The molecule has 5 rings (SSSR count). The van der Waals surface area contributed by atoms with Crippen molar-refractivity contribution in [1.82, 2.24) is 25.1 Å². The minimum absolute atomic E-state index is 0.220. The number of amides is 2. The third-order valence-corrected chi connectivity index (χ3v) is 5.14. The predicted molar refractivity (Wildman–Crippen MR) is 105 cm³/mol. The minimum atomic E-state index is -0.526. The van der Waals surface area contributed by atoms with Crippen LogP contribution in [0.15, 0.2) is 53.5 Å². The highest BCUT2D eigenvalue weighted by Gasteiger charge is 2.48. The second kappa shape index (κ2) is 6.77. The normalized spacial score (nSPS) is 17.5. The molecule has 0 bridgehead atoms. The van der Waals surface area contributed by atoms with Crippen molar-refractivity contribution in [3.63, 3.8) is 0 Å². The molecule has 29 heavy (non-hydrogen) atoms. The minimum Gasteiger partial charge on any atom is -0.306 e. The van der Waals surface area contributed by atoms with Crippen molar-refractivity contribution in [2.24, 2.45) is 4.99 Å². The molecule has 1 fully saturated rings. The largest absolute Gasteiger partial charge is 0.331 e. The topological polar surface area (TPSA) is 79.5 Å². The zero-order valence-corrected chi connectivity index (χ0v) is 15.7. The van der Waals surface area contributed by atoms with Crippen molar-refractivity contribution in [2.75, 3.05) is 11.4 Å². The number of halogens is 1. The SMILES string of the molecule is CCCCN1C(=O)N(c2ccc(F)cc2)C2=Nc3ccccc3-n3nnnc3C21. The summed E-state index contributed by atoms with van der Waals surface area (Å²) in [4.78, 5) is 21.5. The maximum absolute atomic E-state index is 13.5. The van der Waals surface area contributed by atoms with E-state index in [0.717, 1.165) is 18.5 Å². The van der Waals surface area contributed by atoms with E-state index in [1.54, 1.807) is 21.7 Å². The molecule has 9 heteroatoms. The second-order valence-electron chi connectivity index (χ2n) is 6.95. The van der Waals surface area contributed by atoms with E-state index >= 15 is 0 Å². The lowest BCUT2D eigenvalue weighted by Crippen LogP contribution is -2.34. The number of hydrogen-bond acceptors (Lipinski definition) is 5. The molecule has 0 N–H and O–H groups in total. The average molecular weight is 391 g/mol. The van der Waals surface area contributed by atoms with Crippen molar-refractivity contribution in [3.8, 4) is 5.69 Å². The van der Waals surface area contributed by atoms with Gasteiger partial charge in [-0.25, -0.2) is 19.1 Å². The molecule has 1 aromatic heterocycles. The Labute approximate surface area is 166 Å². The fraction of sp³-hybridized carbons (Fsp3) is 0.250. The Morgan fingerprint density at radius 3 is 2.69 bits per heavy atom. The van der Waals surface area contributed by atoms with E-state index in [1.807, 2.05) is 24.3 Å². The van der Waals surface area contributed by atoms with Crippen LogP contribution in [0.5, 0.6) is 0 Å². The number of rotatable bonds is 4. The maximum atomic E-state index is 13.5. The van der Waals surface area contributed by atoms with Gasteiger partial charge in [-0.1, -0.05) is 25.5 Å². The molecule has 0 saturated carbocycles. The van der Waals surface area contributed by atoms with Crippen LogP contribution in [0.4, 0.5) is 20.6 Å². The van der Waals surface area contributed by atoms with E-state index < -0.39 is 6.04 Å². The molecular formula is C20H18FN7O. The van der Waals surface area contributed by atoms with Gasteiger partial charge in [0.15, 0.2) is 11.9 Å². The van der Waals surface area contributed by atoms with Gasteiger partial charge in [-0.05, 0) is 53.2 Å². The Kier molecular flexibility index (Phi) is 4.08. The molecule has 8 nitrogen and oxygen atoms in total. The standard InChI is InChI=1S/C20H18FN7O/c1-2-3-12-26-17-18(27(20(26)29)14-10-8-13(21)9-11-14)22-15-6-4-5-7-16(15)28-19(17)23-24-25-28/h4-11,17H,2-3,12H2,1H3. The zero-order valence-electron chi connectivity index (χ0n) is 15.7. The van der Waals surface area contributed by atoms with Crippen LogP contribution in [0.25, 0.3) is 5.69 Å². The summed E-state index contributed by atoms with van der Waals surface area (Å²) < 4.78 is 15.1. The number of aromatic nitrogens is 4. The molecule has 0 aliphatic carbocycles. The van der Waals surface area contributed by atoms with Crippen LogP contribution in [0.2, 0.25) is 0 Å². The summed E-state index contributed by atoms with van der Waals surface area (Å²) >= 11 is 0. The molecule has 0 radical (unpaired) electrons. The van der Waals surface area contributed by atoms with Gasteiger partial charge in [0.2, 0.25) is 0 Å². The number of para-hydroxylation sites is 2. The molecule has 3 aromatic rings. The van der Waals surface area contributed by atoms with Crippen LogP contribution in [-0.2, 0) is 0 Å². The van der Waals surface area contributed by atoms with Gasteiger partial charge < -0.3 is 4.90 Å². The van der Waals surface area contributed by atoms with Gasteiger partial charge in [-0.2, -0.15) is 4.68 Å². The van der Waals surface area contributed by atoms with E-state index in [4.69, 9.17) is 4.99 Å². The molecule has 3 heterocycles. The lowest BCUT2D eigenvalue weighted by molar-refractivity contribution is 0.206. The van der Waals surface area contributed by atoms with Crippen molar-refractivity contribution in [3.05, 3.63) is 60.2 Å². The second-order valence-corrected chi connectivity index (χ2v) is 6.95. The first-order valence-electron chi connectivity index (χ1n) is 9.51. The summed E-state index contributed by atoms with van der Waals surface area (Å²) in [7, 11) is 0. The highest BCUT2D eigenvalue weighted by Crippen LogP contribution is 2.40. The first-order valence-corrected chi connectivity index (χ1v) is 9.51. The first kappa shape index (κ1) is 17.5. The third-order valence-electron chi connectivity index (χ3n) is 5.14. The number of amidine groups is 1. The highest BCUT2D eigenvalue weighted by atomic mass is 19.1. The van der Waals surface area contributed by atoms with E-state index in [1.165, 1.54) is 17.0 Å².